The standard InChI is InChI=1S/C14H16ClNO3/c1-3-12(14(18)19)16(2)13(17)8-7-10-5-4-6-11(15)9-10/h4-9,12H,3H2,1-2H3,(H,18,19). The summed E-state index contributed by atoms with van der Waals surface area (Å²) in [5.74, 6) is -1.36. The van der Waals surface area contributed by atoms with E-state index in [1.165, 1.54) is 18.0 Å². The smallest absolute Gasteiger partial charge is 0.326 e. The molecule has 4 nitrogen and oxygen atoms in total. The van der Waals surface area contributed by atoms with E-state index < -0.39 is 12.0 Å². The van der Waals surface area contributed by atoms with E-state index >= 15 is 0 Å². The lowest BCUT2D eigenvalue weighted by Crippen LogP contribution is -2.41. The molecule has 0 fully saturated rings. The van der Waals surface area contributed by atoms with Crippen LogP contribution in [0.25, 0.3) is 6.08 Å². The summed E-state index contributed by atoms with van der Waals surface area (Å²) in [5.41, 5.74) is 0.789. The van der Waals surface area contributed by atoms with Crippen LogP contribution in [0, 0.1) is 0 Å². The molecule has 0 heterocycles. The van der Waals surface area contributed by atoms with Crippen molar-refractivity contribution >= 4 is 29.6 Å². The number of nitrogens with zero attached hydrogens (tertiary/aromatic N) is 1. The van der Waals surface area contributed by atoms with Gasteiger partial charge in [-0.2, -0.15) is 0 Å². The number of hydrogen-bond acceptors (Lipinski definition) is 2. The normalized spacial score (nSPS) is 12.4. The van der Waals surface area contributed by atoms with E-state index in [-0.39, 0.29) is 5.91 Å². The second-order valence-electron chi connectivity index (χ2n) is 4.10. The number of carbonyl (C=O) groups excluding carboxylic acids is 1. The van der Waals surface area contributed by atoms with Crippen molar-refractivity contribution < 1.29 is 14.7 Å². The van der Waals surface area contributed by atoms with Crippen molar-refractivity contribution in [3.05, 3.63) is 40.9 Å². The van der Waals surface area contributed by atoms with Gasteiger partial charge in [0.1, 0.15) is 6.04 Å². The van der Waals surface area contributed by atoms with E-state index in [1.54, 1.807) is 31.2 Å². The molecule has 1 aromatic rings. The Labute approximate surface area is 117 Å². The average Bonchev–Trinajstić information content (AvgIpc) is 2.36. The summed E-state index contributed by atoms with van der Waals surface area (Å²) < 4.78 is 0. The van der Waals surface area contributed by atoms with Crippen LogP contribution in [0.3, 0.4) is 0 Å². The zero-order valence-electron chi connectivity index (χ0n) is 10.8. The number of carboxylic acids is 1. The molecule has 0 bridgehead atoms. The van der Waals surface area contributed by atoms with Gasteiger partial charge in [0, 0.05) is 18.1 Å². The number of amides is 1. The molecular weight excluding hydrogens is 266 g/mol. The summed E-state index contributed by atoms with van der Waals surface area (Å²) in [7, 11) is 1.48. The fourth-order valence-electron chi connectivity index (χ4n) is 1.66. The number of benzene rings is 1. The molecule has 102 valence electrons. The molecule has 1 aromatic carbocycles. The van der Waals surface area contributed by atoms with Crippen molar-refractivity contribution in [2.45, 2.75) is 19.4 Å². The van der Waals surface area contributed by atoms with E-state index in [1.807, 2.05) is 6.07 Å². The molecule has 0 aliphatic carbocycles. The van der Waals surface area contributed by atoms with Crippen LogP contribution < -0.4 is 0 Å². The number of likely N-dealkylation sites (N-methyl/N-ethyl adjacent to an activating group) is 1. The Morgan fingerprint density at radius 1 is 1.47 bits per heavy atom. The van der Waals surface area contributed by atoms with Gasteiger partial charge in [-0.15, -0.1) is 0 Å². The maximum absolute atomic E-state index is 11.8. The van der Waals surface area contributed by atoms with Crippen LogP contribution in [0.4, 0.5) is 0 Å². The van der Waals surface area contributed by atoms with Gasteiger partial charge in [-0.05, 0) is 30.2 Å². The van der Waals surface area contributed by atoms with Gasteiger partial charge in [-0.25, -0.2) is 4.79 Å². The Morgan fingerprint density at radius 3 is 2.68 bits per heavy atom. The second-order valence-corrected chi connectivity index (χ2v) is 4.54. The third-order valence-corrected chi connectivity index (χ3v) is 2.99. The van der Waals surface area contributed by atoms with Crippen molar-refractivity contribution in [3.63, 3.8) is 0 Å². The van der Waals surface area contributed by atoms with E-state index in [0.717, 1.165) is 5.56 Å². The maximum atomic E-state index is 11.8. The van der Waals surface area contributed by atoms with E-state index in [2.05, 4.69) is 0 Å². The van der Waals surface area contributed by atoms with Crippen LogP contribution in [0.5, 0.6) is 0 Å². The van der Waals surface area contributed by atoms with Gasteiger partial charge in [0.05, 0.1) is 0 Å². The molecule has 1 atom stereocenters. The number of halogens is 1. The monoisotopic (exact) mass is 281 g/mol. The number of hydrogen-bond donors (Lipinski definition) is 1. The van der Waals surface area contributed by atoms with Gasteiger partial charge in [-0.1, -0.05) is 30.7 Å². The highest BCUT2D eigenvalue weighted by Crippen LogP contribution is 2.12. The Bertz CT molecular complexity index is 499. The van der Waals surface area contributed by atoms with Crippen LogP contribution in [-0.4, -0.2) is 35.0 Å². The van der Waals surface area contributed by atoms with Gasteiger partial charge < -0.3 is 10.0 Å². The predicted octanol–water partition coefficient (Wildman–Crippen LogP) is 2.67. The third kappa shape index (κ3) is 4.41. The molecule has 0 radical (unpaired) electrons. The summed E-state index contributed by atoms with van der Waals surface area (Å²) in [6.45, 7) is 1.73. The molecule has 19 heavy (non-hydrogen) atoms. The van der Waals surface area contributed by atoms with Crippen LogP contribution in [-0.2, 0) is 9.59 Å². The first-order valence-electron chi connectivity index (χ1n) is 5.89. The fraction of sp³-hybridized carbons (Fsp3) is 0.286. The summed E-state index contributed by atoms with van der Waals surface area (Å²) in [6.07, 6.45) is 3.32. The van der Waals surface area contributed by atoms with Crippen LogP contribution in [0.15, 0.2) is 30.3 Å². The lowest BCUT2D eigenvalue weighted by molar-refractivity contribution is -0.147. The summed E-state index contributed by atoms with van der Waals surface area (Å²) >= 11 is 5.83. The van der Waals surface area contributed by atoms with Gasteiger partial charge in [-0.3, -0.25) is 4.79 Å². The van der Waals surface area contributed by atoms with Crippen molar-refractivity contribution in [1.82, 2.24) is 4.90 Å². The molecule has 1 rings (SSSR count). The van der Waals surface area contributed by atoms with Gasteiger partial charge in [0.15, 0.2) is 0 Å². The van der Waals surface area contributed by atoms with Crippen molar-refractivity contribution in [2.24, 2.45) is 0 Å². The second kappa shape index (κ2) is 6.95. The molecule has 1 unspecified atom stereocenters. The van der Waals surface area contributed by atoms with Gasteiger partial charge in [0.25, 0.3) is 0 Å². The Kier molecular flexibility index (Phi) is 5.57. The lowest BCUT2D eigenvalue weighted by atomic mass is 10.2. The largest absolute Gasteiger partial charge is 0.480 e. The zero-order chi connectivity index (χ0) is 14.4. The molecule has 0 saturated heterocycles. The zero-order valence-corrected chi connectivity index (χ0v) is 11.6. The molecule has 1 N–H and O–H groups in total. The number of aliphatic carboxylic acids is 1. The Hall–Kier alpha value is -1.81. The first-order valence-corrected chi connectivity index (χ1v) is 6.26. The fourth-order valence-corrected chi connectivity index (χ4v) is 1.86. The van der Waals surface area contributed by atoms with E-state index in [4.69, 9.17) is 16.7 Å². The van der Waals surface area contributed by atoms with Crippen LogP contribution in [0.1, 0.15) is 18.9 Å². The topological polar surface area (TPSA) is 57.6 Å². The highest BCUT2D eigenvalue weighted by molar-refractivity contribution is 6.30. The molecule has 1 amide bonds. The number of carboxylic acid groups (broad SMARTS) is 1. The first kappa shape index (κ1) is 15.2. The minimum atomic E-state index is -1.01. The number of carbonyl (C=O) groups is 2. The summed E-state index contributed by atoms with van der Waals surface area (Å²) in [4.78, 5) is 24.0. The quantitative estimate of drug-likeness (QED) is 0.844. The SMILES string of the molecule is CCC(C(=O)O)N(C)C(=O)C=Cc1cccc(Cl)c1. The van der Waals surface area contributed by atoms with Gasteiger partial charge in [0.2, 0.25) is 5.91 Å². The van der Waals surface area contributed by atoms with Crippen molar-refractivity contribution in [1.29, 1.82) is 0 Å². The molecule has 0 aromatic heterocycles. The first-order chi connectivity index (χ1) is 8.95. The maximum Gasteiger partial charge on any atom is 0.326 e. The third-order valence-electron chi connectivity index (χ3n) is 2.75. The summed E-state index contributed by atoms with van der Waals surface area (Å²) in [6, 6.07) is 6.24. The predicted molar refractivity (Wildman–Crippen MR) is 75.0 cm³/mol. The van der Waals surface area contributed by atoms with Crippen LogP contribution >= 0.6 is 11.6 Å². The molecule has 0 aliphatic heterocycles. The van der Waals surface area contributed by atoms with E-state index in [9.17, 15) is 9.59 Å². The minimum Gasteiger partial charge on any atom is -0.480 e. The average molecular weight is 282 g/mol. The molecule has 0 saturated carbocycles. The molecule has 0 spiro atoms. The molecule has 5 heteroatoms. The lowest BCUT2D eigenvalue weighted by Gasteiger charge is -2.22. The minimum absolute atomic E-state index is 0.353. The Balaban J connectivity index is 2.76. The van der Waals surface area contributed by atoms with Crippen molar-refractivity contribution in [3.8, 4) is 0 Å². The van der Waals surface area contributed by atoms with Crippen LogP contribution in [0.2, 0.25) is 5.02 Å². The molecular formula is C14H16ClNO3. The molecule has 0 aliphatic rings. The highest BCUT2D eigenvalue weighted by atomic mass is 35.5. The number of rotatable bonds is 5. The van der Waals surface area contributed by atoms with Crippen molar-refractivity contribution in [2.75, 3.05) is 7.05 Å². The Morgan fingerprint density at radius 2 is 2.16 bits per heavy atom. The van der Waals surface area contributed by atoms with Gasteiger partial charge >= 0.3 is 5.97 Å². The highest BCUT2D eigenvalue weighted by Gasteiger charge is 2.22. The van der Waals surface area contributed by atoms with E-state index in [0.29, 0.717) is 11.4 Å². The summed E-state index contributed by atoms with van der Waals surface area (Å²) in [5, 5.41) is 9.56.